The lowest BCUT2D eigenvalue weighted by Crippen LogP contribution is -2.46. The van der Waals surface area contributed by atoms with Gasteiger partial charge in [-0.2, -0.15) is 0 Å². The lowest BCUT2D eigenvalue weighted by Gasteiger charge is -2.32. The Balaban J connectivity index is 1.77. The first-order valence-corrected chi connectivity index (χ1v) is 12.3. The van der Waals surface area contributed by atoms with Gasteiger partial charge in [0.1, 0.15) is 11.8 Å². The third kappa shape index (κ3) is 5.63. The van der Waals surface area contributed by atoms with Gasteiger partial charge in [0.05, 0.1) is 13.5 Å². The van der Waals surface area contributed by atoms with E-state index in [1.807, 2.05) is 73.0 Å². The van der Waals surface area contributed by atoms with Crippen LogP contribution >= 0.6 is 11.3 Å². The Kier molecular flexibility index (Phi) is 7.45. The maximum atomic E-state index is 13.7. The monoisotopic (exact) mass is 462 g/mol. The number of hydrogen-bond acceptors (Lipinski definition) is 4. The third-order valence-corrected chi connectivity index (χ3v) is 6.98. The van der Waals surface area contributed by atoms with E-state index in [4.69, 9.17) is 4.74 Å². The quantitative estimate of drug-likeness (QED) is 0.485. The third-order valence-electron chi connectivity index (χ3n) is 6.10. The molecule has 1 aliphatic rings. The normalized spacial score (nSPS) is 14.6. The second-order valence-corrected chi connectivity index (χ2v) is 9.56. The minimum Gasteiger partial charge on any atom is -0.497 e. The maximum absolute atomic E-state index is 13.7. The molecule has 2 aromatic carbocycles. The van der Waals surface area contributed by atoms with E-state index in [2.05, 4.69) is 5.32 Å². The van der Waals surface area contributed by atoms with Gasteiger partial charge in [0.15, 0.2) is 0 Å². The van der Waals surface area contributed by atoms with E-state index in [1.165, 1.54) is 0 Å². The van der Waals surface area contributed by atoms with Crippen molar-refractivity contribution in [2.75, 3.05) is 12.0 Å². The number of nitrogens with zero attached hydrogens (tertiary/aromatic N) is 1. The summed E-state index contributed by atoms with van der Waals surface area (Å²) in [5, 5.41) is 5.18. The molecule has 0 aliphatic heterocycles. The lowest BCUT2D eigenvalue weighted by atomic mass is 10.0. The number of thiophene rings is 1. The van der Waals surface area contributed by atoms with Crippen LogP contribution in [0, 0.1) is 6.92 Å². The molecule has 4 rings (SSSR count). The average molecular weight is 463 g/mol. The van der Waals surface area contributed by atoms with Crippen LogP contribution in [0.15, 0.2) is 66.0 Å². The predicted octanol–water partition coefficient (Wildman–Crippen LogP) is 5.44. The number of methoxy groups -OCH3 is 1. The molecule has 1 atom stereocenters. The molecular formula is C27H30N2O3S. The molecule has 3 aromatic rings. The summed E-state index contributed by atoms with van der Waals surface area (Å²) >= 11 is 1.55. The molecule has 0 spiro atoms. The molecule has 1 aromatic heterocycles. The first-order valence-electron chi connectivity index (χ1n) is 11.4. The van der Waals surface area contributed by atoms with Gasteiger partial charge < -0.3 is 10.1 Å². The summed E-state index contributed by atoms with van der Waals surface area (Å²) in [7, 11) is 1.60. The Bertz CT molecular complexity index is 1070. The number of benzene rings is 2. The Morgan fingerprint density at radius 1 is 1.09 bits per heavy atom. The number of carbonyl (C=O) groups is 2. The van der Waals surface area contributed by atoms with E-state index in [9.17, 15) is 9.59 Å². The van der Waals surface area contributed by atoms with Crippen molar-refractivity contribution in [3.05, 3.63) is 82.0 Å². The zero-order valence-electron chi connectivity index (χ0n) is 19.1. The Hall–Kier alpha value is -3.12. The molecule has 1 aliphatic carbocycles. The maximum Gasteiger partial charge on any atom is 0.248 e. The van der Waals surface area contributed by atoms with Gasteiger partial charge in [-0.1, -0.05) is 48.7 Å². The van der Waals surface area contributed by atoms with E-state index in [1.54, 1.807) is 23.3 Å². The number of carbonyl (C=O) groups excluding carboxylic acids is 2. The van der Waals surface area contributed by atoms with Crippen molar-refractivity contribution in [2.24, 2.45) is 0 Å². The van der Waals surface area contributed by atoms with Crippen molar-refractivity contribution >= 4 is 28.8 Å². The predicted molar refractivity (Wildman–Crippen MR) is 133 cm³/mol. The highest BCUT2D eigenvalue weighted by atomic mass is 32.1. The van der Waals surface area contributed by atoms with Crippen molar-refractivity contribution in [1.82, 2.24) is 5.32 Å². The molecule has 5 nitrogen and oxygen atoms in total. The average Bonchev–Trinajstić information content (AvgIpc) is 3.52. The van der Waals surface area contributed by atoms with Crippen LogP contribution in [0.25, 0.3) is 0 Å². The summed E-state index contributed by atoms with van der Waals surface area (Å²) in [6, 6.07) is 18.5. The highest BCUT2D eigenvalue weighted by Gasteiger charge is 2.34. The van der Waals surface area contributed by atoms with Crippen LogP contribution in [-0.4, -0.2) is 25.0 Å². The fraction of sp³-hybridized carbons (Fsp3) is 0.333. The summed E-state index contributed by atoms with van der Waals surface area (Å²) in [4.78, 5) is 30.1. The minimum atomic E-state index is -0.795. The SMILES string of the molecule is COc1cccc([C@H](C(=O)NC2CCCC2)N(C(=O)Cc2cccs2)c2ccc(C)cc2)c1. The highest BCUT2D eigenvalue weighted by Crippen LogP contribution is 2.32. The fourth-order valence-corrected chi connectivity index (χ4v) is 5.07. The number of hydrogen-bond donors (Lipinski definition) is 1. The molecular weight excluding hydrogens is 432 g/mol. The van der Waals surface area contributed by atoms with Crippen molar-refractivity contribution in [3.8, 4) is 5.75 Å². The molecule has 172 valence electrons. The Morgan fingerprint density at radius 2 is 1.85 bits per heavy atom. The van der Waals surface area contributed by atoms with Gasteiger partial charge in [-0.3, -0.25) is 14.5 Å². The number of ether oxygens (including phenoxy) is 1. The van der Waals surface area contributed by atoms with E-state index in [0.717, 1.165) is 41.7 Å². The topological polar surface area (TPSA) is 58.6 Å². The van der Waals surface area contributed by atoms with Crippen LogP contribution < -0.4 is 15.0 Å². The molecule has 0 bridgehead atoms. The summed E-state index contributed by atoms with van der Waals surface area (Å²) in [6.07, 6.45) is 4.43. The van der Waals surface area contributed by atoms with Crippen LogP contribution in [-0.2, 0) is 16.0 Å². The molecule has 33 heavy (non-hydrogen) atoms. The van der Waals surface area contributed by atoms with Gasteiger partial charge in [0.2, 0.25) is 11.8 Å². The standard InChI is InChI=1S/C27H30N2O3S/c1-19-12-14-22(15-13-19)29(25(30)18-24-11-6-16-33-24)26(20-7-5-10-23(17-20)32-2)27(31)28-21-8-3-4-9-21/h5-7,10-17,21,26H,3-4,8-9,18H2,1-2H3,(H,28,31)/t26-/m1/s1. The number of rotatable bonds is 8. The lowest BCUT2D eigenvalue weighted by molar-refractivity contribution is -0.127. The van der Waals surface area contributed by atoms with Crippen LogP contribution in [0.1, 0.15) is 47.7 Å². The second-order valence-electron chi connectivity index (χ2n) is 8.52. The Labute approximate surface area is 199 Å². The van der Waals surface area contributed by atoms with Gasteiger partial charge >= 0.3 is 0 Å². The smallest absolute Gasteiger partial charge is 0.248 e. The highest BCUT2D eigenvalue weighted by molar-refractivity contribution is 7.10. The minimum absolute atomic E-state index is 0.115. The van der Waals surface area contributed by atoms with Gasteiger partial charge in [-0.05, 0) is 61.0 Å². The van der Waals surface area contributed by atoms with Crippen molar-refractivity contribution < 1.29 is 14.3 Å². The van der Waals surface area contributed by atoms with Crippen LogP contribution in [0.2, 0.25) is 0 Å². The number of nitrogens with one attached hydrogen (secondary N) is 1. The number of aryl methyl sites for hydroxylation is 1. The molecule has 0 unspecified atom stereocenters. The first kappa shape index (κ1) is 23.1. The van der Waals surface area contributed by atoms with E-state index >= 15 is 0 Å². The van der Waals surface area contributed by atoms with Gasteiger partial charge in [-0.25, -0.2) is 0 Å². The van der Waals surface area contributed by atoms with E-state index in [0.29, 0.717) is 11.4 Å². The zero-order chi connectivity index (χ0) is 23.2. The molecule has 1 fully saturated rings. The molecule has 6 heteroatoms. The van der Waals surface area contributed by atoms with Crippen LogP contribution in [0.4, 0.5) is 5.69 Å². The number of amides is 2. The second kappa shape index (κ2) is 10.7. The number of anilines is 1. The van der Waals surface area contributed by atoms with Crippen molar-refractivity contribution in [1.29, 1.82) is 0 Å². The fourth-order valence-electron chi connectivity index (χ4n) is 4.37. The van der Waals surface area contributed by atoms with Crippen LogP contribution in [0.3, 0.4) is 0 Å². The largest absolute Gasteiger partial charge is 0.497 e. The van der Waals surface area contributed by atoms with Crippen LogP contribution in [0.5, 0.6) is 5.75 Å². The Morgan fingerprint density at radius 3 is 2.52 bits per heavy atom. The summed E-state index contributed by atoms with van der Waals surface area (Å²) in [5.74, 6) is 0.381. The first-order chi connectivity index (χ1) is 16.0. The van der Waals surface area contributed by atoms with Gasteiger partial charge in [0.25, 0.3) is 0 Å². The summed E-state index contributed by atoms with van der Waals surface area (Å²) < 4.78 is 5.43. The molecule has 2 amide bonds. The molecule has 0 saturated heterocycles. The molecule has 1 heterocycles. The van der Waals surface area contributed by atoms with E-state index in [-0.39, 0.29) is 24.3 Å². The molecule has 0 radical (unpaired) electrons. The van der Waals surface area contributed by atoms with Gasteiger partial charge in [-0.15, -0.1) is 11.3 Å². The molecule has 1 saturated carbocycles. The van der Waals surface area contributed by atoms with Crippen molar-refractivity contribution in [3.63, 3.8) is 0 Å². The zero-order valence-corrected chi connectivity index (χ0v) is 19.9. The van der Waals surface area contributed by atoms with E-state index < -0.39 is 6.04 Å². The molecule has 1 N–H and O–H groups in total. The summed E-state index contributed by atoms with van der Waals surface area (Å²) in [6.45, 7) is 2.01. The van der Waals surface area contributed by atoms with Crippen molar-refractivity contribution in [2.45, 2.75) is 51.1 Å². The van der Waals surface area contributed by atoms with Gasteiger partial charge in [0, 0.05) is 16.6 Å². The summed E-state index contributed by atoms with van der Waals surface area (Å²) in [5.41, 5.74) is 2.53.